The number of benzene rings is 1. The Balaban J connectivity index is 1.56. The number of hydrogen-bond donors (Lipinski definition) is 1. The van der Waals surface area contributed by atoms with Gasteiger partial charge in [-0.1, -0.05) is 30.3 Å². The van der Waals surface area contributed by atoms with Gasteiger partial charge in [-0.15, -0.1) is 21.5 Å². The van der Waals surface area contributed by atoms with Crippen molar-refractivity contribution in [1.82, 2.24) is 19.7 Å². The van der Waals surface area contributed by atoms with Gasteiger partial charge in [-0.2, -0.15) is 5.26 Å². The number of fused-ring (bicyclic) bond motifs is 2. The first kappa shape index (κ1) is 17.1. The van der Waals surface area contributed by atoms with Crippen LogP contribution in [-0.4, -0.2) is 30.6 Å². The van der Waals surface area contributed by atoms with Crippen LogP contribution in [0.2, 0.25) is 0 Å². The van der Waals surface area contributed by atoms with E-state index in [9.17, 15) is 10.4 Å². The monoisotopic (exact) mass is 383 g/mol. The molecular formula is C18H17N5OS2. The molecule has 6 nitrogen and oxygen atoms in total. The molecule has 0 amide bonds. The Hall–Kier alpha value is -2.37. The molecule has 3 heterocycles. The molecule has 0 saturated heterocycles. The molecule has 4 rings (SSSR count). The predicted octanol–water partition coefficient (Wildman–Crippen LogP) is 4.20. The Kier molecular flexibility index (Phi) is 4.91. The number of aromatic nitrogens is 4. The van der Waals surface area contributed by atoms with Gasteiger partial charge in [-0.3, -0.25) is 0 Å². The molecule has 8 heteroatoms. The van der Waals surface area contributed by atoms with Gasteiger partial charge >= 0.3 is 0 Å². The van der Waals surface area contributed by atoms with E-state index in [0.29, 0.717) is 5.01 Å². The van der Waals surface area contributed by atoms with Crippen molar-refractivity contribution in [1.29, 1.82) is 5.26 Å². The maximum atomic E-state index is 10.5. The van der Waals surface area contributed by atoms with E-state index in [2.05, 4.69) is 25.8 Å². The van der Waals surface area contributed by atoms with Crippen LogP contribution in [0, 0.1) is 11.3 Å². The number of para-hydroxylation sites is 1. The van der Waals surface area contributed by atoms with E-state index >= 15 is 0 Å². The Labute approximate surface area is 159 Å². The second kappa shape index (κ2) is 7.48. The number of thiazole rings is 1. The van der Waals surface area contributed by atoms with Gasteiger partial charge in [-0.25, -0.2) is 4.98 Å². The van der Waals surface area contributed by atoms with Crippen molar-refractivity contribution in [2.75, 3.05) is 5.75 Å². The zero-order valence-corrected chi connectivity index (χ0v) is 15.7. The fraction of sp³-hybridized carbons (Fsp3) is 0.333. The summed E-state index contributed by atoms with van der Waals surface area (Å²) in [6.07, 6.45) is 4.42. The average Bonchev–Trinajstić information content (AvgIpc) is 3.17. The highest BCUT2D eigenvalue weighted by Gasteiger charge is 2.18. The molecule has 0 aliphatic carbocycles. The summed E-state index contributed by atoms with van der Waals surface area (Å²) in [4.78, 5) is 4.47. The molecule has 0 fully saturated rings. The number of aliphatic hydroxyl groups is 1. The summed E-state index contributed by atoms with van der Waals surface area (Å²) in [5.41, 5.74) is 1.07. The van der Waals surface area contributed by atoms with Gasteiger partial charge in [0.25, 0.3) is 0 Å². The second-order valence-electron chi connectivity index (χ2n) is 6.07. The third kappa shape index (κ3) is 3.32. The highest BCUT2D eigenvalue weighted by atomic mass is 32.2. The first-order valence-electron chi connectivity index (χ1n) is 8.49. The fourth-order valence-corrected chi connectivity index (χ4v) is 4.83. The first-order chi connectivity index (χ1) is 12.8. The van der Waals surface area contributed by atoms with E-state index in [1.165, 1.54) is 29.5 Å². The Morgan fingerprint density at radius 2 is 2.15 bits per heavy atom. The third-order valence-electron chi connectivity index (χ3n) is 4.32. The number of nitrogens with zero attached hydrogens (tertiary/aromatic N) is 5. The lowest BCUT2D eigenvalue weighted by atomic mass is 10.2. The van der Waals surface area contributed by atoms with E-state index in [1.807, 2.05) is 24.3 Å². The van der Waals surface area contributed by atoms with Gasteiger partial charge in [0.1, 0.15) is 28.2 Å². The molecule has 0 saturated carbocycles. The summed E-state index contributed by atoms with van der Waals surface area (Å²) < 4.78 is 3.13. The number of hydrogen-bond acceptors (Lipinski definition) is 7. The van der Waals surface area contributed by atoms with Crippen LogP contribution >= 0.6 is 23.1 Å². The average molecular weight is 384 g/mol. The minimum atomic E-state index is 0.0301. The molecule has 0 spiro atoms. The van der Waals surface area contributed by atoms with E-state index in [-0.39, 0.29) is 17.1 Å². The highest BCUT2D eigenvalue weighted by molar-refractivity contribution is 7.99. The topological polar surface area (TPSA) is 87.6 Å². The zero-order valence-electron chi connectivity index (χ0n) is 14.1. The van der Waals surface area contributed by atoms with Gasteiger partial charge < -0.3 is 9.67 Å². The molecule has 0 unspecified atom stereocenters. The van der Waals surface area contributed by atoms with E-state index in [4.69, 9.17) is 0 Å². The molecule has 2 aromatic heterocycles. The van der Waals surface area contributed by atoms with Crippen LogP contribution in [-0.2, 0) is 13.0 Å². The number of rotatable bonds is 4. The lowest BCUT2D eigenvalue weighted by molar-refractivity contribution is 0.420. The van der Waals surface area contributed by atoms with Crippen LogP contribution < -0.4 is 0 Å². The summed E-state index contributed by atoms with van der Waals surface area (Å²) in [6.45, 7) is 0.915. The predicted molar refractivity (Wildman–Crippen MR) is 103 cm³/mol. The molecule has 1 aromatic carbocycles. The maximum Gasteiger partial charge on any atom is 0.191 e. The summed E-state index contributed by atoms with van der Waals surface area (Å²) in [6, 6.07) is 9.82. The second-order valence-corrected chi connectivity index (χ2v) is 8.04. The molecular weight excluding hydrogens is 366 g/mol. The van der Waals surface area contributed by atoms with Crippen LogP contribution in [0.15, 0.2) is 35.2 Å². The van der Waals surface area contributed by atoms with Crippen molar-refractivity contribution in [3.63, 3.8) is 0 Å². The summed E-state index contributed by atoms with van der Waals surface area (Å²) in [5, 5.41) is 29.9. The summed E-state index contributed by atoms with van der Waals surface area (Å²) in [7, 11) is 0. The SMILES string of the molecule is N#C/C(=C(\O)CSc1nnc2n1CCCCC2)c1nc2ccccc2s1. The largest absolute Gasteiger partial charge is 0.510 e. The van der Waals surface area contributed by atoms with Crippen molar-refractivity contribution in [2.45, 2.75) is 37.4 Å². The number of nitriles is 1. The van der Waals surface area contributed by atoms with Crippen molar-refractivity contribution >= 4 is 38.9 Å². The lowest BCUT2D eigenvalue weighted by Crippen LogP contribution is -2.03. The van der Waals surface area contributed by atoms with E-state index in [1.54, 1.807) is 0 Å². The van der Waals surface area contributed by atoms with Crippen molar-refractivity contribution < 1.29 is 5.11 Å². The number of aliphatic hydroxyl groups excluding tert-OH is 1. The van der Waals surface area contributed by atoms with Crippen LogP contribution in [0.1, 0.15) is 30.1 Å². The van der Waals surface area contributed by atoms with Gasteiger partial charge in [0.15, 0.2) is 5.16 Å². The van der Waals surface area contributed by atoms with Crippen LogP contribution in [0.4, 0.5) is 0 Å². The number of allylic oxidation sites excluding steroid dienone is 1. The van der Waals surface area contributed by atoms with Crippen molar-refractivity contribution in [3.05, 3.63) is 40.9 Å². The van der Waals surface area contributed by atoms with Gasteiger partial charge in [0.05, 0.1) is 16.0 Å². The van der Waals surface area contributed by atoms with E-state index in [0.717, 1.165) is 47.0 Å². The molecule has 132 valence electrons. The standard InChI is InChI=1S/C18H17N5OS2/c19-10-12(17-20-13-6-3-4-7-15(13)26-17)14(24)11-25-18-22-21-16-8-2-1-5-9-23(16)18/h3-4,6-7,24H,1-2,5,8-9,11H2/b14-12+. The van der Waals surface area contributed by atoms with Crippen molar-refractivity contribution in [2.24, 2.45) is 0 Å². The van der Waals surface area contributed by atoms with E-state index < -0.39 is 0 Å². The van der Waals surface area contributed by atoms with Crippen LogP contribution in [0.3, 0.4) is 0 Å². The molecule has 26 heavy (non-hydrogen) atoms. The summed E-state index contributed by atoms with van der Waals surface area (Å²) in [5.74, 6) is 1.32. The normalized spacial score (nSPS) is 15.2. The minimum absolute atomic E-state index is 0.0301. The molecule has 3 aromatic rings. The smallest absolute Gasteiger partial charge is 0.191 e. The van der Waals surface area contributed by atoms with Crippen LogP contribution in [0.5, 0.6) is 0 Å². The molecule has 1 N–H and O–H groups in total. The van der Waals surface area contributed by atoms with Crippen LogP contribution in [0.25, 0.3) is 15.8 Å². The lowest BCUT2D eigenvalue weighted by Gasteiger charge is -2.06. The quantitative estimate of drug-likeness (QED) is 0.413. The molecule has 0 radical (unpaired) electrons. The number of aryl methyl sites for hydroxylation is 1. The van der Waals surface area contributed by atoms with Gasteiger partial charge in [0.2, 0.25) is 0 Å². The summed E-state index contributed by atoms with van der Waals surface area (Å²) >= 11 is 2.82. The molecule has 1 aliphatic rings. The fourth-order valence-electron chi connectivity index (χ4n) is 2.99. The molecule has 1 aliphatic heterocycles. The molecule has 0 bridgehead atoms. The zero-order chi connectivity index (χ0) is 17.9. The highest BCUT2D eigenvalue weighted by Crippen LogP contribution is 2.30. The number of thioether (sulfide) groups is 1. The van der Waals surface area contributed by atoms with Crippen molar-refractivity contribution in [3.8, 4) is 6.07 Å². The maximum absolute atomic E-state index is 10.5. The minimum Gasteiger partial charge on any atom is -0.510 e. The Morgan fingerprint density at radius 1 is 1.27 bits per heavy atom. The third-order valence-corrected chi connectivity index (χ3v) is 6.35. The van der Waals surface area contributed by atoms with Gasteiger partial charge in [0, 0.05) is 13.0 Å². The molecule has 0 atom stereocenters. The first-order valence-corrected chi connectivity index (χ1v) is 10.3. The Morgan fingerprint density at radius 3 is 3.00 bits per heavy atom. The van der Waals surface area contributed by atoms with Gasteiger partial charge in [-0.05, 0) is 25.0 Å². The Bertz CT molecular complexity index is 981.